The average Bonchev–Trinajstić information content (AvgIpc) is 2.95. The molecule has 2 heterocycles. The summed E-state index contributed by atoms with van der Waals surface area (Å²) in [5.74, 6) is -1.01. The molecule has 0 aliphatic carbocycles. The zero-order valence-corrected chi connectivity index (χ0v) is 13.1. The molecular formula is C15H15ClN2O3S. The summed E-state index contributed by atoms with van der Waals surface area (Å²) < 4.78 is 0. The summed E-state index contributed by atoms with van der Waals surface area (Å²) in [6, 6.07) is 8.92. The number of thiophene rings is 1. The van der Waals surface area contributed by atoms with Gasteiger partial charge in [-0.05, 0) is 29.1 Å². The molecule has 0 fully saturated rings. The first-order chi connectivity index (χ1) is 10.6. The highest BCUT2D eigenvalue weighted by Crippen LogP contribution is 2.32. The van der Waals surface area contributed by atoms with Crippen LogP contribution in [0.15, 0.2) is 35.7 Å². The minimum absolute atomic E-state index is 0.266. The summed E-state index contributed by atoms with van der Waals surface area (Å²) in [5.41, 5.74) is 1.53. The van der Waals surface area contributed by atoms with Gasteiger partial charge in [-0.15, -0.1) is 11.3 Å². The van der Waals surface area contributed by atoms with Crippen molar-refractivity contribution in [3.8, 4) is 0 Å². The molecule has 2 aromatic rings. The number of para-hydroxylation sites is 1. The fourth-order valence-electron chi connectivity index (χ4n) is 2.59. The standard InChI is InChI=1S/C15H15ClN2O3S/c16-10-3-1-2-4-11(10)17-14(15(20)21)18-7-9-5-6-22-13(9)12(19)8-18/h1-6,12,14,17,19H,7-8H2,(H,20,21)/t12?,14-/m0/s1. The van der Waals surface area contributed by atoms with Crippen molar-refractivity contribution in [3.05, 3.63) is 51.2 Å². The molecule has 1 aromatic carbocycles. The number of carbonyl (C=O) groups is 1. The minimum atomic E-state index is -1.01. The number of nitrogens with zero attached hydrogens (tertiary/aromatic N) is 1. The Balaban J connectivity index is 1.84. The number of fused-ring (bicyclic) bond motifs is 1. The van der Waals surface area contributed by atoms with Crippen LogP contribution in [0.4, 0.5) is 5.69 Å². The lowest BCUT2D eigenvalue weighted by atomic mass is 10.1. The third-order valence-electron chi connectivity index (χ3n) is 3.63. The van der Waals surface area contributed by atoms with Crippen LogP contribution in [0.25, 0.3) is 0 Å². The maximum absolute atomic E-state index is 11.6. The fourth-order valence-corrected chi connectivity index (χ4v) is 3.68. The van der Waals surface area contributed by atoms with Gasteiger partial charge in [-0.1, -0.05) is 23.7 Å². The maximum atomic E-state index is 11.6. The zero-order chi connectivity index (χ0) is 15.7. The van der Waals surface area contributed by atoms with Crippen molar-refractivity contribution in [1.82, 2.24) is 4.90 Å². The molecule has 22 heavy (non-hydrogen) atoms. The first kappa shape index (κ1) is 15.3. The molecule has 116 valence electrons. The Hall–Kier alpha value is -1.60. The molecule has 5 nitrogen and oxygen atoms in total. The molecule has 3 rings (SSSR count). The number of benzene rings is 1. The number of carboxylic acids is 1. The minimum Gasteiger partial charge on any atom is -0.479 e. The Morgan fingerprint density at radius 2 is 2.18 bits per heavy atom. The van der Waals surface area contributed by atoms with E-state index in [1.165, 1.54) is 11.3 Å². The largest absolute Gasteiger partial charge is 0.479 e. The smallest absolute Gasteiger partial charge is 0.341 e. The first-order valence-corrected chi connectivity index (χ1v) is 8.04. The fraction of sp³-hybridized carbons (Fsp3) is 0.267. The summed E-state index contributed by atoms with van der Waals surface area (Å²) >= 11 is 7.58. The van der Waals surface area contributed by atoms with Gasteiger partial charge in [0.2, 0.25) is 0 Å². The Morgan fingerprint density at radius 1 is 1.41 bits per heavy atom. The summed E-state index contributed by atoms with van der Waals surface area (Å²) in [6.45, 7) is 0.742. The second kappa shape index (κ2) is 6.26. The summed E-state index contributed by atoms with van der Waals surface area (Å²) in [7, 11) is 0. The summed E-state index contributed by atoms with van der Waals surface area (Å²) in [4.78, 5) is 14.3. The van der Waals surface area contributed by atoms with Crippen LogP contribution >= 0.6 is 22.9 Å². The van der Waals surface area contributed by atoms with Gasteiger partial charge in [0.1, 0.15) is 6.10 Å². The Bertz CT molecular complexity index is 691. The van der Waals surface area contributed by atoms with E-state index in [0.29, 0.717) is 17.3 Å². The molecule has 0 radical (unpaired) electrons. The molecule has 0 spiro atoms. The molecule has 2 atom stereocenters. The van der Waals surface area contributed by atoms with E-state index in [1.54, 1.807) is 29.2 Å². The lowest BCUT2D eigenvalue weighted by Gasteiger charge is -2.35. The number of hydrogen-bond donors (Lipinski definition) is 3. The SMILES string of the molecule is O=C(O)[C@@H](Nc1ccccc1Cl)N1Cc2ccsc2C(O)C1. The molecule has 3 N–H and O–H groups in total. The highest BCUT2D eigenvalue weighted by atomic mass is 35.5. The van der Waals surface area contributed by atoms with Crippen LogP contribution in [-0.4, -0.2) is 33.8 Å². The number of anilines is 1. The van der Waals surface area contributed by atoms with Crippen LogP contribution in [-0.2, 0) is 11.3 Å². The second-order valence-corrected chi connectivity index (χ2v) is 6.48. The van der Waals surface area contributed by atoms with E-state index in [1.807, 2.05) is 11.4 Å². The third-order valence-corrected chi connectivity index (χ3v) is 5.02. The van der Waals surface area contributed by atoms with E-state index in [9.17, 15) is 15.0 Å². The number of nitrogens with one attached hydrogen (secondary N) is 1. The predicted molar refractivity (Wildman–Crippen MR) is 86.2 cm³/mol. The summed E-state index contributed by atoms with van der Waals surface area (Å²) in [6.07, 6.45) is -1.62. The predicted octanol–water partition coefficient (Wildman–Crippen LogP) is 2.77. The van der Waals surface area contributed by atoms with Crippen molar-refractivity contribution >= 4 is 34.6 Å². The van der Waals surface area contributed by atoms with Gasteiger partial charge in [0, 0.05) is 18.0 Å². The molecule has 7 heteroatoms. The molecule has 1 aliphatic rings. The van der Waals surface area contributed by atoms with E-state index in [-0.39, 0.29) is 6.54 Å². The van der Waals surface area contributed by atoms with Crippen molar-refractivity contribution < 1.29 is 15.0 Å². The van der Waals surface area contributed by atoms with Gasteiger partial charge in [0.15, 0.2) is 6.17 Å². The van der Waals surface area contributed by atoms with E-state index in [4.69, 9.17) is 11.6 Å². The van der Waals surface area contributed by atoms with Crippen LogP contribution in [0, 0.1) is 0 Å². The average molecular weight is 339 g/mol. The Kier molecular flexibility index (Phi) is 4.35. The number of aliphatic hydroxyl groups excluding tert-OH is 1. The van der Waals surface area contributed by atoms with Crippen molar-refractivity contribution in [3.63, 3.8) is 0 Å². The molecule has 0 bridgehead atoms. The number of hydrogen-bond acceptors (Lipinski definition) is 5. The number of carboxylic acid groups (broad SMARTS) is 1. The third kappa shape index (κ3) is 2.96. The maximum Gasteiger partial charge on any atom is 0.341 e. The summed E-state index contributed by atoms with van der Waals surface area (Å²) in [5, 5.41) is 25.0. The van der Waals surface area contributed by atoms with E-state index < -0.39 is 18.2 Å². The quantitative estimate of drug-likeness (QED) is 0.799. The van der Waals surface area contributed by atoms with Gasteiger partial charge in [-0.2, -0.15) is 0 Å². The van der Waals surface area contributed by atoms with Gasteiger partial charge in [-0.25, -0.2) is 4.79 Å². The van der Waals surface area contributed by atoms with E-state index in [0.717, 1.165) is 10.4 Å². The van der Waals surface area contributed by atoms with Gasteiger partial charge in [0.25, 0.3) is 0 Å². The normalized spacial score (nSPS) is 19.5. The molecular weight excluding hydrogens is 324 g/mol. The monoisotopic (exact) mass is 338 g/mol. The molecule has 0 amide bonds. The van der Waals surface area contributed by atoms with Gasteiger partial charge in [-0.3, -0.25) is 4.90 Å². The zero-order valence-electron chi connectivity index (χ0n) is 11.6. The number of halogens is 1. The van der Waals surface area contributed by atoms with Crippen molar-refractivity contribution in [2.75, 3.05) is 11.9 Å². The Morgan fingerprint density at radius 3 is 2.91 bits per heavy atom. The van der Waals surface area contributed by atoms with Crippen LogP contribution < -0.4 is 5.32 Å². The van der Waals surface area contributed by atoms with Crippen molar-refractivity contribution in [1.29, 1.82) is 0 Å². The molecule has 0 saturated carbocycles. The van der Waals surface area contributed by atoms with Crippen LogP contribution in [0.5, 0.6) is 0 Å². The number of rotatable bonds is 4. The number of β-amino-alcohol motifs (C(OH)–C–C–N with tert-alkyl or cyclic N) is 1. The lowest BCUT2D eigenvalue weighted by Crippen LogP contribution is -2.49. The van der Waals surface area contributed by atoms with Crippen LogP contribution in [0.3, 0.4) is 0 Å². The molecule has 1 aromatic heterocycles. The van der Waals surface area contributed by atoms with Crippen molar-refractivity contribution in [2.24, 2.45) is 0 Å². The lowest BCUT2D eigenvalue weighted by molar-refractivity contribution is -0.143. The molecule has 0 saturated heterocycles. The van der Waals surface area contributed by atoms with Crippen molar-refractivity contribution in [2.45, 2.75) is 18.8 Å². The van der Waals surface area contributed by atoms with Crippen LogP contribution in [0.1, 0.15) is 16.5 Å². The number of aliphatic hydroxyl groups is 1. The second-order valence-electron chi connectivity index (χ2n) is 5.12. The van der Waals surface area contributed by atoms with Gasteiger partial charge < -0.3 is 15.5 Å². The van der Waals surface area contributed by atoms with E-state index in [2.05, 4.69) is 5.32 Å². The highest BCUT2D eigenvalue weighted by molar-refractivity contribution is 7.10. The Labute approximate surface area is 136 Å². The van der Waals surface area contributed by atoms with Crippen LogP contribution in [0.2, 0.25) is 5.02 Å². The molecule has 1 unspecified atom stereocenters. The first-order valence-electron chi connectivity index (χ1n) is 6.78. The number of aliphatic carboxylic acids is 1. The highest BCUT2D eigenvalue weighted by Gasteiger charge is 2.33. The van der Waals surface area contributed by atoms with Gasteiger partial charge >= 0.3 is 5.97 Å². The van der Waals surface area contributed by atoms with Gasteiger partial charge in [0.05, 0.1) is 10.7 Å². The van der Waals surface area contributed by atoms with E-state index >= 15 is 0 Å². The topological polar surface area (TPSA) is 72.8 Å². The molecule has 1 aliphatic heterocycles.